The lowest BCUT2D eigenvalue weighted by Gasteiger charge is -2.26. The maximum Gasteiger partial charge on any atom is 0.137 e. The quantitative estimate of drug-likeness (QED) is 0.158. The molecule has 0 amide bonds. The average molecular weight is 753 g/mol. The van der Waals surface area contributed by atoms with Crippen LogP contribution in [0.15, 0.2) is 223 Å². The van der Waals surface area contributed by atoms with Crippen LogP contribution in [0.25, 0.3) is 93.2 Å². The first-order valence-corrected chi connectivity index (χ1v) is 20.2. The van der Waals surface area contributed by atoms with Crippen molar-refractivity contribution in [1.82, 2.24) is 4.57 Å². The number of aromatic nitrogens is 1. The van der Waals surface area contributed by atoms with Gasteiger partial charge in [0.2, 0.25) is 0 Å². The third-order valence-corrected chi connectivity index (χ3v) is 12.0. The molecule has 0 aliphatic rings. The van der Waals surface area contributed by atoms with E-state index in [1.807, 2.05) is 0 Å². The predicted octanol–water partition coefficient (Wildman–Crippen LogP) is 15.8. The zero-order valence-electron chi connectivity index (χ0n) is 32.1. The van der Waals surface area contributed by atoms with E-state index in [1.165, 1.54) is 60.0 Å². The highest BCUT2D eigenvalue weighted by Crippen LogP contribution is 2.42. The third-order valence-electron chi connectivity index (χ3n) is 12.0. The van der Waals surface area contributed by atoms with Crippen LogP contribution in [0, 0.1) is 0 Å². The van der Waals surface area contributed by atoms with Crippen molar-refractivity contribution < 1.29 is 4.42 Å². The van der Waals surface area contributed by atoms with Gasteiger partial charge in [-0.25, -0.2) is 0 Å². The monoisotopic (exact) mass is 752 g/mol. The number of benzene rings is 10. The molecule has 0 spiro atoms. The Hall–Kier alpha value is -7.88. The maximum absolute atomic E-state index is 6.65. The largest absolute Gasteiger partial charge is 0.456 e. The van der Waals surface area contributed by atoms with Gasteiger partial charge in [-0.2, -0.15) is 0 Å². The summed E-state index contributed by atoms with van der Waals surface area (Å²) >= 11 is 0. The lowest BCUT2D eigenvalue weighted by Crippen LogP contribution is -2.09. The molecular formula is C56H36N2O. The molecule has 3 nitrogen and oxygen atoms in total. The highest BCUT2D eigenvalue weighted by atomic mass is 16.3. The number of furan rings is 1. The second-order valence-electron chi connectivity index (χ2n) is 15.4. The molecule has 0 saturated heterocycles. The summed E-state index contributed by atoms with van der Waals surface area (Å²) in [5, 5.41) is 9.64. The number of para-hydroxylation sites is 2. The standard InChI is InChI=1S/C56H36N2O/c1-3-11-37(12-4-1)38-21-25-44(26-22-38)57(45-27-29-48-42(33-45)20-19-39-13-7-8-16-47(39)48)46-28-30-50-52-35-41(24-32-55(52)59-56(50)36-46)40-23-31-54-51(34-40)49-17-9-10-18-53(49)58(54)43-14-5-2-6-15-43/h1-36H. The predicted molar refractivity (Wildman–Crippen MR) is 249 cm³/mol. The van der Waals surface area contributed by atoms with Gasteiger partial charge < -0.3 is 13.9 Å². The van der Waals surface area contributed by atoms with E-state index >= 15 is 0 Å². The van der Waals surface area contributed by atoms with Crippen LogP contribution in [-0.2, 0) is 0 Å². The molecule has 2 aromatic heterocycles. The van der Waals surface area contributed by atoms with Gasteiger partial charge in [0.1, 0.15) is 11.2 Å². The van der Waals surface area contributed by atoms with Gasteiger partial charge in [-0.15, -0.1) is 0 Å². The summed E-state index contributed by atoms with van der Waals surface area (Å²) in [7, 11) is 0. The molecule has 12 aromatic rings. The van der Waals surface area contributed by atoms with Crippen molar-refractivity contribution in [3.8, 4) is 27.9 Å². The van der Waals surface area contributed by atoms with Gasteiger partial charge in [0.25, 0.3) is 0 Å². The van der Waals surface area contributed by atoms with E-state index in [0.717, 1.165) is 50.3 Å². The SMILES string of the molecule is c1ccc(-c2ccc(N(c3ccc4c(ccc5ccccc54)c3)c3ccc4c(c3)oc3ccc(-c5ccc6c(c5)c5ccccc5n6-c5ccccc5)cc34)cc2)cc1. The molecule has 3 heteroatoms. The molecule has 0 aliphatic heterocycles. The first kappa shape index (κ1) is 33.3. The smallest absolute Gasteiger partial charge is 0.137 e. The van der Waals surface area contributed by atoms with Crippen LogP contribution in [0.2, 0.25) is 0 Å². The fourth-order valence-electron chi connectivity index (χ4n) is 9.11. The van der Waals surface area contributed by atoms with Crippen molar-refractivity contribution in [3.63, 3.8) is 0 Å². The third kappa shape index (κ3) is 5.51. The molecule has 10 aromatic carbocycles. The topological polar surface area (TPSA) is 21.3 Å². The molecule has 0 atom stereocenters. The van der Waals surface area contributed by atoms with Crippen molar-refractivity contribution in [1.29, 1.82) is 0 Å². The Bertz CT molecular complexity index is 3540. The Morgan fingerprint density at radius 3 is 1.71 bits per heavy atom. The highest BCUT2D eigenvalue weighted by Gasteiger charge is 2.18. The minimum absolute atomic E-state index is 0.855. The zero-order valence-corrected chi connectivity index (χ0v) is 32.1. The average Bonchev–Trinajstić information content (AvgIpc) is 3.84. The van der Waals surface area contributed by atoms with Crippen molar-refractivity contribution in [2.75, 3.05) is 4.90 Å². The summed E-state index contributed by atoms with van der Waals surface area (Å²) in [6.07, 6.45) is 0. The molecule has 0 fully saturated rings. The Balaban J connectivity index is 0.969. The fraction of sp³-hybridized carbons (Fsp3) is 0. The number of rotatable bonds is 6. The van der Waals surface area contributed by atoms with Crippen LogP contribution in [0.3, 0.4) is 0 Å². The van der Waals surface area contributed by atoms with Gasteiger partial charge in [0.05, 0.1) is 11.0 Å². The number of anilines is 3. The summed E-state index contributed by atoms with van der Waals surface area (Å²) in [5.74, 6) is 0. The minimum Gasteiger partial charge on any atom is -0.456 e. The minimum atomic E-state index is 0.855. The van der Waals surface area contributed by atoms with E-state index < -0.39 is 0 Å². The Labute approximate surface area is 341 Å². The molecule has 0 radical (unpaired) electrons. The molecule has 0 unspecified atom stereocenters. The van der Waals surface area contributed by atoms with E-state index in [2.05, 4.69) is 228 Å². The van der Waals surface area contributed by atoms with Gasteiger partial charge >= 0.3 is 0 Å². The van der Waals surface area contributed by atoms with Gasteiger partial charge in [-0.05, 0) is 123 Å². The van der Waals surface area contributed by atoms with Crippen molar-refractivity contribution >= 4 is 82.4 Å². The number of nitrogens with zero attached hydrogens (tertiary/aromatic N) is 2. The molecule has 12 rings (SSSR count). The molecule has 59 heavy (non-hydrogen) atoms. The van der Waals surface area contributed by atoms with E-state index in [9.17, 15) is 0 Å². The van der Waals surface area contributed by atoms with Crippen LogP contribution < -0.4 is 4.90 Å². The summed E-state index contributed by atoms with van der Waals surface area (Å²) in [5.41, 5.74) is 13.2. The normalized spacial score (nSPS) is 11.7. The Morgan fingerprint density at radius 2 is 0.881 bits per heavy atom. The summed E-state index contributed by atoms with van der Waals surface area (Å²) in [4.78, 5) is 2.34. The van der Waals surface area contributed by atoms with Crippen molar-refractivity contribution in [3.05, 3.63) is 218 Å². The lowest BCUT2D eigenvalue weighted by atomic mass is 10.00. The van der Waals surface area contributed by atoms with E-state index in [4.69, 9.17) is 4.42 Å². The molecule has 276 valence electrons. The second-order valence-corrected chi connectivity index (χ2v) is 15.4. The first-order chi connectivity index (χ1) is 29.2. The highest BCUT2D eigenvalue weighted by molar-refractivity contribution is 6.12. The Kier molecular flexibility index (Phi) is 7.54. The van der Waals surface area contributed by atoms with E-state index in [1.54, 1.807) is 0 Å². The molecule has 0 saturated carbocycles. The molecule has 0 bridgehead atoms. The van der Waals surface area contributed by atoms with Crippen LogP contribution >= 0.6 is 0 Å². The first-order valence-electron chi connectivity index (χ1n) is 20.2. The number of hydrogen-bond acceptors (Lipinski definition) is 2. The van der Waals surface area contributed by atoms with Crippen LogP contribution in [0.5, 0.6) is 0 Å². The molecule has 2 heterocycles. The zero-order chi connectivity index (χ0) is 38.9. The number of hydrogen-bond donors (Lipinski definition) is 0. The van der Waals surface area contributed by atoms with E-state index in [-0.39, 0.29) is 0 Å². The van der Waals surface area contributed by atoms with Crippen molar-refractivity contribution in [2.45, 2.75) is 0 Å². The van der Waals surface area contributed by atoms with E-state index in [0.29, 0.717) is 0 Å². The van der Waals surface area contributed by atoms with Crippen LogP contribution in [0.4, 0.5) is 17.1 Å². The van der Waals surface area contributed by atoms with Crippen molar-refractivity contribution in [2.24, 2.45) is 0 Å². The molecule has 0 aliphatic carbocycles. The van der Waals surface area contributed by atoms with Gasteiger partial charge in [-0.1, -0.05) is 133 Å². The molecular weight excluding hydrogens is 717 g/mol. The Morgan fingerprint density at radius 1 is 0.305 bits per heavy atom. The fourth-order valence-corrected chi connectivity index (χ4v) is 9.11. The van der Waals surface area contributed by atoms with Gasteiger partial charge in [-0.3, -0.25) is 0 Å². The molecule has 0 N–H and O–H groups in total. The van der Waals surface area contributed by atoms with Crippen LogP contribution in [0.1, 0.15) is 0 Å². The summed E-state index contributed by atoms with van der Waals surface area (Å²) < 4.78 is 9.01. The summed E-state index contributed by atoms with van der Waals surface area (Å²) in [6, 6.07) is 78.6. The number of fused-ring (bicyclic) bond motifs is 9. The van der Waals surface area contributed by atoms with Gasteiger partial charge in [0.15, 0.2) is 0 Å². The van der Waals surface area contributed by atoms with Gasteiger partial charge in [0, 0.05) is 50.4 Å². The maximum atomic E-state index is 6.65. The van der Waals surface area contributed by atoms with Crippen LogP contribution in [-0.4, -0.2) is 4.57 Å². The lowest BCUT2D eigenvalue weighted by molar-refractivity contribution is 0.669. The second kappa shape index (κ2) is 13.4. The summed E-state index contributed by atoms with van der Waals surface area (Å²) in [6.45, 7) is 0.